The van der Waals surface area contributed by atoms with Crippen LogP contribution in [0.1, 0.15) is 30.9 Å². The number of hydrogen-bond acceptors (Lipinski definition) is 3. The molecule has 0 aliphatic rings. The molecule has 0 aliphatic heterocycles. The van der Waals surface area contributed by atoms with E-state index in [9.17, 15) is 9.59 Å². The van der Waals surface area contributed by atoms with Crippen LogP contribution in [0.25, 0.3) is 0 Å². The molecule has 1 N–H and O–H groups in total. The van der Waals surface area contributed by atoms with E-state index in [1.54, 1.807) is 6.92 Å². The molecule has 0 aliphatic carbocycles. The highest BCUT2D eigenvalue weighted by atomic mass is 16.5. The molecule has 1 unspecified atom stereocenters. The van der Waals surface area contributed by atoms with Crippen molar-refractivity contribution in [3.8, 4) is 0 Å². The molecule has 0 radical (unpaired) electrons. The van der Waals surface area contributed by atoms with Crippen LogP contribution in [0.5, 0.6) is 0 Å². The van der Waals surface area contributed by atoms with Crippen LogP contribution >= 0.6 is 0 Å². The van der Waals surface area contributed by atoms with E-state index in [0.717, 1.165) is 6.42 Å². The van der Waals surface area contributed by atoms with E-state index < -0.39 is 18.4 Å². The third-order valence-electron chi connectivity index (χ3n) is 2.59. The van der Waals surface area contributed by atoms with Gasteiger partial charge in [0.15, 0.2) is 0 Å². The first-order valence-electron chi connectivity index (χ1n) is 5.94. The summed E-state index contributed by atoms with van der Waals surface area (Å²) in [7, 11) is 0. The minimum Gasteiger partial charge on any atom is -0.481 e. The molecule has 0 heterocycles. The lowest BCUT2D eigenvalue weighted by Gasteiger charge is -2.12. The summed E-state index contributed by atoms with van der Waals surface area (Å²) < 4.78 is 4.99. The zero-order chi connectivity index (χ0) is 13.5. The summed E-state index contributed by atoms with van der Waals surface area (Å²) in [6.45, 7) is 3.80. The van der Waals surface area contributed by atoms with Crippen molar-refractivity contribution >= 4 is 11.9 Å². The highest BCUT2D eigenvalue weighted by Crippen LogP contribution is 2.09. The van der Waals surface area contributed by atoms with Gasteiger partial charge in [-0.3, -0.25) is 9.59 Å². The average Bonchev–Trinajstić information content (AvgIpc) is 2.27. The Kier molecular flexibility index (Phi) is 5.36. The van der Waals surface area contributed by atoms with Crippen molar-refractivity contribution in [1.82, 2.24) is 0 Å². The molecule has 18 heavy (non-hydrogen) atoms. The topological polar surface area (TPSA) is 63.6 Å². The molecule has 0 aromatic heterocycles. The van der Waals surface area contributed by atoms with Crippen LogP contribution in [0.3, 0.4) is 0 Å². The second-order valence-corrected chi connectivity index (χ2v) is 4.40. The van der Waals surface area contributed by atoms with Gasteiger partial charge < -0.3 is 9.84 Å². The van der Waals surface area contributed by atoms with Gasteiger partial charge in [0.1, 0.15) is 6.42 Å². The second-order valence-electron chi connectivity index (χ2n) is 4.40. The first kappa shape index (κ1) is 14.2. The number of rotatable bonds is 6. The molecular formula is C14H18O4. The Morgan fingerprint density at radius 3 is 2.44 bits per heavy atom. The fourth-order valence-electron chi connectivity index (χ4n) is 1.57. The summed E-state index contributed by atoms with van der Waals surface area (Å²) in [6, 6.07) is 8.16. The molecule has 98 valence electrons. The van der Waals surface area contributed by atoms with Crippen LogP contribution in [0, 0.1) is 6.92 Å². The van der Waals surface area contributed by atoms with E-state index in [-0.39, 0.29) is 6.10 Å². The molecule has 0 amide bonds. The minimum absolute atomic E-state index is 0.266. The number of benzene rings is 1. The van der Waals surface area contributed by atoms with Crippen molar-refractivity contribution in [1.29, 1.82) is 0 Å². The van der Waals surface area contributed by atoms with Crippen LogP contribution in [-0.4, -0.2) is 23.1 Å². The Hall–Kier alpha value is -1.84. The Morgan fingerprint density at radius 1 is 1.28 bits per heavy atom. The van der Waals surface area contributed by atoms with Crippen LogP contribution in [-0.2, 0) is 20.7 Å². The number of aryl methyl sites for hydroxylation is 2. The number of ether oxygens (including phenoxy) is 1. The Morgan fingerprint density at radius 2 is 1.89 bits per heavy atom. The van der Waals surface area contributed by atoms with Crippen LogP contribution in [0.2, 0.25) is 0 Å². The van der Waals surface area contributed by atoms with E-state index in [1.165, 1.54) is 11.1 Å². The van der Waals surface area contributed by atoms with Crippen molar-refractivity contribution in [3.05, 3.63) is 35.4 Å². The van der Waals surface area contributed by atoms with Crippen molar-refractivity contribution in [2.45, 2.75) is 39.2 Å². The molecule has 0 saturated heterocycles. The first-order chi connectivity index (χ1) is 8.47. The van der Waals surface area contributed by atoms with Crippen molar-refractivity contribution in [2.24, 2.45) is 0 Å². The van der Waals surface area contributed by atoms with E-state index in [4.69, 9.17) is 9.84 Å². The lowest BCUT2D eigenvalue weighted by atomic mass is 10.1. The number of aliphatic carboxylic acids is 1. The number of hydrogen-bond donors (Lipinski definition) is 1. The Labute approximate surface area is 107 Å². The van der Waals surface area contributed by atoms with Gasteiger partial charge in [0.25, 0.3) is 0 Å². The summed E-state index contributed by atoms with van der Waals surface area (Å²) in [5.74, 6) is -1.84. The predicted molar refractivity (Wildman–Crippen MR) is 67.3 cm³/mol. The molecule has 4 nitrogen and oxygen atoms in total. The normalized spacial score (nSPS) is 11.9. The zero-order valence-corrected chi connectivity index (χ0v) is 10.7. The number of esters is 1. The second kappa shape index (κ2) is 6.79. The maximum Gasteiger partial charge on any atom is 0.317 e. The predicted octanol–water partition coefficient (Wildman–Crippen LogP) is 2.33. The average molecular weight is 250 g/mol. The van der Waals surface area contributed by atoms with Crippen LogP contribution in [0.4, 0.5) is 0 Å². The van der Waals surface area contributed by atoms with E-state index in [2.05, 4.69) is 0 Å². The molecule has 4 heteroatoms. The molecule has 1 aromatic carbocycles. The van der Waals surface area contributed by atoms with Gasteiger partial charge >= 0.3 is 11.9 Å². The van der Waals surface area contributed by atoms with Crippen LogP contribution in [0.15, 0.2) is 24.3 Å². The first-order valence-corrected chi connectivity index (χ1v) is 5.94. The number of carboxylic acid groups (broad SMARTS) is 1. The summed E-state index contributed by atoms with van der Waals surface area (Å²) in [4.78, 5) is 21.4. The summed E-state index contributed by atoms with van der Waals surface area (Å²) >= 11 is 0. The summed E-state index contributed by atoms with van der Waals surface area (Å²) in [5, 5.41) is 8.43. The molecule has 1 aromatic rings. The standard InChI is InChI=1S/C14H18O4/c1-10-3-6-12(7-4-10)8-5-11(2)18-14(17)9-13(15)16/h3-4,6-7,11H,5,8-9H2,1-2H3,(H,15,16). The highest BCUT2D eigenvalue weighted by Gasteiger charge is 2.13. The molecule has 1 atom stereocenters. The zero-order valence-electron chi connectivity index (χ0n) is 10.7. The smallest absolute Gasteiger partial charge is 0.317 e. The van der Waals surface area contributed by atoms with Gasteiger partial charge in [-0.2, -0.15) is 0 Å². The van der Waals surface area contributed by atoms with E-state index in [1.807, 2.05) is 31.2 Å². The molecule has 0 fully saturated rings. The summed E-state index contributed by atoms with van der Waals surface area (Å²) in [6.07, 6.45) is 0.656. The monoisotopic (exact) mass is 250 g/mol. The third-order valence-corrected chi connectivity index (χ3v) is 2.59. The van der Waals surface area contributed by atoms with Gasteiger partial charge in [0, 0.05) is 0 Å². The third kappa shape index (κ3) is 5.48. The van der Waals surface area contributed by atoms with Gasteiger partial charge in [0.05, 0.1) is 6.10 Å². The van der Waals surface area contributed by atoms with Gasteiger partial charge in [-0.05, 0) is 32.3 Å². The van der Waals surface area contributed by atoms with Crippen molar-refractivity contribution < 1.29 is 19.4 Å². The maximum atomic E-state index is 11.1. The molecule has 0 bridgehead atoms. The molecule has 0 saturated carbocycles. The molecule has 0 spiro atoms. The van der Waals surface area contributed by atoms with Crippen molar-refractivity contribution in [2.75, 3.05) is 0 Å². The quantitative estimate of drug-likeness (QED) is 0.621. The molecular weight excluding hydrogens is 232 g/mol. The van der Waals surface area contributed by atoms with E-state index in [0.29, 0.717) is 6.42 Å². The Balaban J connectivity index is 2.32. The summed E-state index contributed by atoms with van der Waals surface area (Å²) in [5.41, 5.74) is 2.39. The van der Waals surface area contributed by atoms with E-state index >= 15 is 0 Å². The number of carboxylic acids is 1. The number of carbonyl (C=O) groups excluding carboxylic acids is 1. The van der Waals surface area contributed by atoms with Crippen LogP contribution < -0.4 is 0 Å². The van der Waals surface area contributed by atoms with Crippen molar-refractivity contribution in [3.63, 3.8) is 0 Å². The number of carbonyl (C=O) groups is 2. The SMILES string of the molecule is Cc1ccc(CCC(C)OC(=O)CC(=O)O)cc1. The Bertz CT molecular complexity index is 408. The fourth-order valence-corrected chi connectivity index (χ4v) is 1.57. The minimum atomic E-state index is -1.16. The maximum absolute atomic E-state index is 11.1. The van der Waals surface area contributed by atoms with Gasteiger partial charge in [0.2, 0.25) is 0 Å². The fraction of sp³-hybridized carbons (Fsp3) is 0.429. The highest BCUT2D eigenvalue weighted by molar-refractivity contribution is 5.90. The van der Waals surface area contributed by atoms with Gasteiger partial charge in [-0.1, -0.05) is 29.8 Å². The molecule has 1 rings (SSSR count). The van der Waals surface area contributed by atoms with Gasteiger partial charge in [-0.15, -0.1) is 0 Å². The lowest BCUT2D eigenvalue weighted by molar-refractivity contribution is -0.154. The lowest BCUT2D eigenvalue weighted by Crippen LogP contribution is -2.18. The van der Waals surface area contributed by atoms with Gasteiger partial charge in [-0.25, -0.2) is 0 Å². The largest absolute Gasteiger partial charge is 0.481 e.